The van der Waals surface area contributed by atoms with Gasteiger partial charge in [-0.25, -0.2) is 8.42 Å². The van der Waals surface area contributed by atoms with Crippen molar-refractivity contribution >= 4 is 10.0 Å². The number of aromatic nitrogens is 1. The van der Waals surface area contributed by atoms with Crippen LogP contribution in [-0.4, -0.2) is 31.0 Å². The maximum absolute atomic E-state index is 12.7. The second kappa shape index (κ2) is 5.25. The first-order valence-corrected chi connectivity index (χ1v) is 8.20. The lowest BCUT2D eigenvalue weighted by Gasteiger charge is -2.35. The normalized spacial score (nSPS) is 24.9. The summed E-state index contributed by atoms with van der Waals surface area (Å²) in [7, 11) is -1.84. The van der Waals surface area contributed by atoms with E-state index in [1.807, 2.05) is 0 Å². The molecule has 1 heterocycles. The molecule has 1 aliphatic carbocycles. The van der Waals surface area contributed by atoms with Crippen LogP contribution in [0, 0.1) is 19.8 Å². The highest BCUT2D eigenvalue weighted by Crippen LogP contribution is 2.32. The zero-order chi connectivity index (χ0) is 14.2. The fourth-order valence-electron chi connectivity index (χ4n) is 3.00. The molecule has 0 amide bonds. The van der Waals surface area contributed by atoms with Crippen molar-refractivity contribution in [2.24, 2.45) is 5.92 Å². The number of aryl methyl sites for hydroxylation is 2. The monoisotopic (exact) mass is 286 g/mol. The molecular weight excluding hydrogens is 264 g/mol. The third kappa shape index (κ3) is 2.56. The summed E-state index contributed by atoms with van der Waals surface area (Å²) in [5.41, 5.74) is 0.438. The van der Waals surface area contributed by atoms with Crippen molar-refractivity contribution < 1.29 is 12.9 Å². The summed E-state index contributed by atoms with van der Waals surface area (Å²) >= 11 is 0. The standard InChI is InChI=1S/C13H22N2O3S/c1-9-7-5-6-8-12(9)15(4)19(16,17)13-10(2)14-18-11(13)3/h9,12H,5-8H2,1-4H3/t9-,12-/m1/s1. The predicted octanol–water partition coefficient (Wildman–Crippen LogP) is 2.49. The minimum absolute atomic E-state index is 0.0763. The quantitative estimate of drug-likeness (QED) is 0.856. The Labute approximate surface area is 115 Å². The maximum Gasteiger partial charge on any atom is 0.248 e. The largest absolute Gasteiger partial charge is 0.360 e. The van der Waals surface area contributed by atoms with Gasteiger partial charge in [-0.2, -0.15) is 4.31 Å². The number of sulfonamides is 1. The molecular formula is C13H22N2O3S. The predicted molar refractivity (Wildman–Crippen MR) is 72.3 cm³/mol. The molecule has 5 nitrogen and oxygen atoms in total. The Bertz CT molecular complexity index is 531. The van der Waals surface area contributed by atoms with E-state index in [4.69, 9.17) is 4.52 Å². The third-order valence-electron chi connectivity index (χ3n) is 4.14. The van der Waals surface area contributed by atoms with Gasteiger partial charge < -0.3 is 4.52 Å². The van der Waals surface area contributed by atoms with Crippen LogP contribution in [0.1, 0.15) is 44.1 Å². The zero-order valence-electron chi connectivity index (χ0n) is 12.0. The average molecular weight is 286 g/mol. The highest BCUT2D eigenvalue weighted by molar-refractivity contribution is 7.89. The van der Waals surface area contributed by atoms with Crippen LogP contribution in [-0.2, 0) is 10.0 Å². The van der Waals surface area contributed by atoms with Crippen LogP contribution in [0.5, 0.6) is 0 Å². The van der Waals surface area contributed by atoms with Crippen LogP contribution in [0.4, 0.5) is 0 Å². The lowest BCUT2D eigenvalue weighted by Crippen LogP contribution is -2.42. The third-order valence-corrected chi connectivity index (χ3v) is 6.27. The molecule has 6 heteroatoms. The first kappa shape index (κ1) is 14.5. The van der Waals surface area contributed by atoms with Gasteiger partial charge in [0.25, 0.3) is 0 Å². The van der Waals surface area contributed by atoms with Gasteiger partial charge in [-0.3, -0.25) is 0 Å². The lowest BCUT2D eigenvalue weighted by atomic mass is 9.86. The van der Waals surface area contributed by atoms with Crippen LogP contribution in [0.2, 0.25) is 0 Å². The van der Waals surface area contributed by atoms with Gasteiger partial charge in [0.2, 0.25) is 10.0 Å². The molecule has 0 N–H and O–H groups in total. The van der Waals surface area contributed by atoms with Gasteiger partial charge in [-0.05, 0) is 32.6 Å². The van der Waals surface area contributed by atoms with Crippen LogP contribution in [0.15, 0.2) is 9.42 Å². The molecule has 1 fully saturated rings. The van der Waals surface area contributed by atoms with E-state index in [2.05, 4.69) is 12.1 Å². The minimum Gasteiger partial charge on any atom is -0.360 e. The SMILES string of the molecule is Cc1noc(C)c1S(=O)(=O)N(C)[C@@H]1CCCC[C@H]1C. The number of hydrogen-bond acceptors (Lipinski definition) is 4. The topological polar surface area (TPSA) is 63.4 Å². The Morgan fingerprint density at radius 1 is 1.26 bits per heavy atom. The summed E-state index contributed by atoms with van der Waals surface area (Å²) in [4.78, 5) is 0.229. The van der Waals surface area contributed by atoms with E-state index in [1.54, 1.807) is 20.9 Å². The van der Waals surface area contributed by atoms with Gasteiger partial charge in [-0.1, -0.05) is 24.9 Å². The average Bonchev–Trinajstić information content (AvgIpc) is 2.69. The Hall–Kier alpha value is -0.880. The summed E-state index contributed by atoms with van der Waals surface area (Å²) in [5, 5.41) is 3.75. The minimum atomic E-state index is -3.51. The van der Waals surface area contributed by atoms with E-state index in [0.29, 0.717) is 17.4 Å². The second-order valence-corrected chi connectivity index (χ2v) is 7.44. The molecule has 0 bridgehead atoms. The van der Waals surface area contributed by atoms with Gasteiger partial charge in [0.15, 0.2) is 5.76 Å². The fraction of sp³-hybridized carbons (Fsp3) is 0.769. The number of rotatable bonds is 3. The summed E-state index contributed by atoms with van der Waals surface area (Å²) in [6, 6.07) is 0.0763. The van der Waals surface area contributed by atoms with E-state index in [0.717, 1.165) is 19.3 Å². The molecule has 2 rings (SSSR count). The van der Waals surface area contributed by atoms with Crippen LogP contribution >= 0.6 is 0 Å². The summed E-state index contributed by atoms with van der Waals surface area (Å²) < 4.78 is 31.9. The number of hydrogen-bond donors (Lipinski definition) is 0. The molecule has 0 unspecified atom stereocenters. The molecule has 1 saturated carbocycles. The Morgan fingerprint density at radius 2 is 1.89 bits per heavy atom. The van der Waals surface area contributed by atoms with Crippen molar-refractivity contribution in [1.82, 2.24) is 9.46 Å². The van der Waals surface area contributed by atoms with E-state index < -0.39 is 10.0 Å². The second-order valence-electron chi connectivity index (χ2n) is 5.50. The lowest BCUT2D eigenvalue weighted by molar-refractivity contribution is 0.213. The first-order chi connectivity index (χ1) is 8.85. The van der Waals surface area contributed by atoms with Gasteiger partial charge in [0, 0.05) is 13.1 Å². The summed E-state index contributed by atoms with van der Waals surface area (Å²) in [5.74, 6) is 0.766. The van der Waals surface area contributed by atoms with Crippen molar-refractivity contribution in [3.8, 4) is 0 Å². The molecule has 0 aliphatic heterocycles. The number of nitrogens with zero attached hydrogens (tertiary/aromatic N) is 2. The fourth-order valence-corrected chi connectivity index (χ4v) is 4.77. The molecule has 0 saturated heterocycles. The molecule has 108 valence electrons. The molecule has 1 aromatic rings. The molecule has 0 aromatic carbocycles. The summed E-state index contributed by atoms with van der Waals surface area (Å²) in [6.07, 6.45) is 4.31. The van der Waals surface area contributed by atoms with E-state index in [-0.39, 0.29) is 10.9 Å². The van der Waals surface area contributed by atoms with Crippen LogP contribution in [0.25, 0.3) is 0 Å². The van der Waals surface area contributed by atoms with E-state index >= 15 is 0 Å². The van der Waals surface area contributed by atoms with Gasteiger partial charge in [0.1, 0.15) is 10.6 Å². The highest BCUT2D eigenvalue weighted by Gasteiger charge is 2.36. The molecule has 1 aromatic heterocycles. The Morgan fingerprint density at radius 3 is 2.42 bits per heavy atom. The van der Waals surface area contributed by atoms with Gasteiger partial charge >= 0.3 is 0 Å². The molecule has 19 heavy (non-hydrogen) atoms. The Kier molecular flexibility index (Phi) is 4.01. The molecule has 1 aliphatic rings. The molecule has 0 spiro atoms. The van der Waals surface area contributed by atoms with Crippen molar-refractivity contribution in [3.05, 3.63) is 11.5 Å². The highest BCUT2D eigenvalue weighted by atomic mass is 32.2. The van der Waals surface area contributed by atoms with E-state index in [1.165, 1.54) is 10.7 Å². The van der Waals surface area contributed by atoms with Crippen LogP contribution in [0.3, 0.4) is 0 Å². The van der Waals surface area contributed by atoms with Gasteiger partial charge in [-0.15, -0.1) is 0 Å². The zero-order valence-corrected chi connectivity index (χ0v) is 12.8. The van der Waals surface area contributed by atoms with Crippen LogP contribution < -0.4 is 0 Å². The first-order valence-electron chi connectivity index (χ1n) is 6.76. The smallest absolute Gasteiger partial charge is 0.248 e. The Balaban J connectivity index is 2.34. The summed E-state index contributed by atoms with van der Waals surface area (Å²) in [6.45, 7) is 5.44. The van der Waals surface area contributed by atoms with Crippen molar-refractivity contribution in [2.45, 2.75) is 57.4 Å². The van der Waals surface area contributed by atoms with Crippen molar-refractivity contribution in [2.75, 3.05) is 7.05 Å². The van der Waals surface area contributed by atoms with Crippen molar-refractivity contribution in [1.29, 1.82) is 0 Å². The molecule has 0 radical (unpaired) electrons. The molecule has 2 atom stereocenters. The van der Waals surface area contributed by atoms with E-state index in [9.17, 15) is 8.42 Å². The van der Waals surface area contributed by atoms with Crippen molar-refractivity contribution in [3.63, 3.8) is 0 Å². The maximum atomic E-state index is 12.7. The van der Waals surface area contributed by atoms with Gasteiger partial charge in [0.05, 0.1) is 0 Å².